The highest BCUT2D eigenvalue weighted by atomic mass is 35.5. The lowest BCUT2D eigenvalue weighted by atomic mass is 10.0. The number of benzene rings is 2. The van der Waals surface area contributed by atoms with Crippen molar-refractivity contribution in [2.24, 2.45) is 7.05 Å². The van der Waals surface area contributed by atoms with E-state index in [2.05, 4.69) is 10.6 Å². The normalized spacial score (nSPS) is 13.3. The molecule has 1 aliphatic carbocycles. The summed E-state index contributed by atoms with van der Waals surface area (Å²) in [5.41, 5.74) is 3.83. The summed E-state index contributed by atoms with van der Waals surface area (Å²) >= 11 is 6.44. The van der Waals surface area contributed by atoms with Crippen molar-refractivity contribution in [3.05, 3.63) is 92.0 Å². The predicted octanol–water partition coefficient (Wildman–Crippen LogP) is 4.88. The van der Waals surface area contributed by atoms with Crippen LogP contribution < -0.4 is 16.2 Å². The van der Waals surface area contributed by atoms with Crippen LogP contribution in [0, 0.1) is 6.92 Å². The van der Waals surface area contributed by atoms with E-state index in [9.17, 15) is 24.6 Å². The van der Waals surface area contributed by atoms with Gasteiger partial charge < -0.3 is 30.0 Å². The van der Waals surface area contributed by atoms with Crippen LogP contribution in [0.2, 0.25) is 5.02 Å². The number of urea groups is 1. The first-order chi connectivity index (χ1) is 18.6. The largest absolute Gasteiger partial charge is 0.505 e. The van der Waals surface area contributed by atoms with Gasteiger partial charge in [0.25, 0.3) is 5.56 Å². The third-order valence-corrected chi connectivity index (χ3v) is 7.75. The van der Waals surface area contributed by atoms with Crippen LogP contribution in [0.5, 0.6) is 5.75 Å². The van der Waals surface area contributed by atoms with Crippen molar-refractivity contribution in [3.8, 4) is 5.75 Å². The van der Waals surface area contributed by atoms with Crippen molar-refractivity contribution in [1.29, 1.82) is 0 Å². The van der Waals surface area contributed by atoms with E-state index in [0.29, 0.717) is 29.0 Å². The third-order valence-electron chi connectivity index (χ3n) is 7.40. The number of fused-ring (bicyclic) bond motifs is 2. The van der Waals surface area contributed by atoms with Crippen molar-refractivity contribution in [2.75, 3.05) is 5.32 Å². The first kappa shape index (κ1) is 26.4. The van der Waals surface area contributed by atoms with Crippen LogP contribution in [0.25, 0.3) is 10.9 Å². The van der Waals surface area contributed by atoms with Gasteiger partial charge in [-0.2, -0.15) is 0 Å². The highest BCUT2D eigenvalue weighted by Crippen LogP contribution is 2.34. The molecule has 4 aromatic rings. The van der Waals surface area contributed by atoms with Crippen LogP contribution in [0.1, 0.15) is 46.8 Å². The zero-order valence-corrected chi connectivity index (χ0v) is 22.4. The van der Waals surface area contributed by atoms with Crippen LogP contribution in [0.3, 0.4) is 0 Å². The molecule has 2 amide bonds. The van der Waals surface area contributed by atoms with Gasteiger partial charge >= 0.3 is 12.0 Å². The molecule has 4 N–H and O–H groups in total. The molecule has 39 heavy (non-hydrogen) atoms. The van der Waals surface area contributed by atoms with Crippen molar-refractivity contribution >= 4 is 40.2 Å². The van der Waals surface area contributed by atoms with Crippen LogP contribution in [0.15, 0.2) is 53.5 Å². The number of aliphatic carboxylic acids is 1. The fraction of sp³-hybridized carbons (Fsp3) is 0.276. The lowest BCUT2D eigenvalue weighted by molar-refractivity contribution is -0.137. The highest BCUT2D eigenvalue weighted by Gasteiger charge is 2.27. The Morgan fingerprint density at radius 2 is 1.95 bits per heavy atom. The van der Waals surface area contributed by atoms with Gasteiger partial charge in [0, 0.05) is 35.0 Å². The summed E-state index contributed by atoms with van der Waals surface area (Å²) in [5.74, 6) is -1.35. The number of carboxylic acid groups (broad SMARTS) is 1. The Labute approximate surface area is 229 Å². The van der Waals surface area contributed by atoms with Gasteiger partial charge in [0.1, 0.15) is 5.75 Å². The molecule has 0 spiro atoms. The highest BCUT2D eigenvalue weighted by molar-refractivity contribution is 6.31. The van der Waals surface area contributed by atoms with Gasteiger partial charge in [0.05, 0.1) is 19.0 Å². The number of carbonyl (C=O) groups is 2. The molecule has 0 aliphatic heterocycles. The van der Waals surface area contributed by atoms with Crippen molar-refractivity contribution in [3.63, 3.8) is 0 Å². The Balaban J connectivity index is 1.47. The number of nitrogens with one attached hydrogen (secondary N) is 2. The number of hydrogen-bond acceptors (Lipinski definition) is 4. The second-order valence-corrected chi connectivity index (χ2v) is 10.3. The van der Waals surface area contributed by atoms with Gasteiger partial charge in [-0.05, 0) is 72.5 Å². The maximum absolute atomic E-state index is 13.6. The molecule has 2 heterocycles. The number of aromatic nitrogens is 2. The number of pyridine rings is 1. The molecule has 0 unspecified atom stereocenters. The Kier molecular flexibility index (Phi) is 7.10. The van der Waals surface area contributed by atoms with E-state index in [4.69, 9.17) is 11.6 Å². The first-order valence-corrected chi connectivity index (χ1v) is 13.1. The van der Waals surface area contributed by atoms with Crippen LogP contribution in [-0.2, 0) is 31.2 Å². The molecular weight excluding hydrogens is 520 g/mol. The maximum atomic E-state index is 13.6. The van der Waals surface area contributed by atoms with Gasteiger partial charge in [-0.25, -0.2) is 4.79 Å². The Bertz CT molecular complexity index is 1650. The quantitative estimate of drug-likeness (QED) is 0.262. The molecule has 9 nitrogen and oxygen atoms in total. The minimum atomic E-state index is -1.09. The number of rotatable bonds is 7. The summed E-state index contributed by atoms with van der Waals surface area (Å²) in [5, 5.41) is 27.1. The topological polar surface area (TPSA) is 126 Å². The zero-order chi connectivity index (χ0) is 27.8. The molecule has 0 fully saturated rings. The van der Waals surface area contributed by atoms with E-state index in [0.717, 1.165) is 34.1 Å². The van der Waals surface area contributed by atoms with Crippen molar-refractivity contribution < 1.29 is 19.8 Å². The number of amides is 2. The number of halogens is 1. The van der Waals surface area contributed by atoms with E-state index in [1.165, 1.54) is 0 Å². The number of anilines is 1. The molecule has 1 aliphatic rings. The summed E-state index contributed by atoms with van der Waals surface area (Å²) in [6.45, 7) is 2.11. The van der Waals surface area contributed by atoms with Gasteiger partial charge in [-0.3, -0.25) is 9.59 Å². The molecule has 202 valence electrons. The molecule has 5 rings (SSSR count). The molecular formula is C29H29ClN4O5. The number of carboxylic acids is 1. The van der Waals surface area contributed by atoms with E-state index in [1.54, 1.807) is 16.7 Å². The number of aromatic hydroxyl groups is 1. The van der Waals surface area contributed by atoms with Crippen LogP contribution >= 0.6 is 11.6 Å². The van der Waals surface area contributed by atoms with Crippen LogP contribution in [0.4, 0.5) is 10.5 Å². The summed E-state index contributed by atoms with van der Waals surface area (Å²) in [7, 11) is 1.91. The average Bonchev–Trinajstić information content (AvgIpc) is 3.52. The zero-order valence-electron chi connectivity index (χ0n) is 21.6. The molecule has 1 atom stereocenters. The monoisotopic (exact) mass is 548 g/mol. The van der Waals surface area contributed by atoms with Crippen molar-refractivity contribution in [1.82, 2.24) is 14.5 Å². The van der Waals surface area contributed by atoms with E-state index in [1.807, 2.05) is 55.1 Å². The van der Waals surface area contributed by atoms with E-state index < -0.39 is 23.6 Å². The summed E-state index contributed by atoms with van der Waals surface area (Å²) in [4.78, 5) is 38.4. The first-order valence-electron chi connectivity index (χ1n) is 12.7. The van der Waals surface area contributed by atoms with Crippen LogP contribution in [-0.4, -0.2) is 31.3 Å². The lowest BCUT2D eigenvalue weighted by Crippen LogP contribution is -2.37. The minimum Gasteiger partial charge on any atom is -0.505 e. The number of aryl methyl sites for hydroxylation is 2. The standard InChI is InChI=1S/C29H29ClN4O5/c1-16-5-3-7-21(30)20(16)15-34-24-8-4-6-19(24)27(37)26(28(34)38)32-29(39)31-22(14-25(35)36)17-9-10-23-18(13-17)11-12-33(23)2/h3,5,7,9-13,22,37H,4,6,8,14-15H2,1-2H3,(H,35,36)(H2,31,32,39)/t22-/m0/s1. The third kappa shape index (κ3) is 5.09. The molecule has 2 aromatic carbocycles. The number of hydrogen-bond donors (Lipinski definition) is 4. The molecule has 10 heteroatoms. The SMILES string of the molecule is Cc1cccc(Cl)c1Cn1c2c(c(O)c(NC(=O)N[C@@H](CC(=O)O)c3ccc4c(ccn4C)c3)c1=O)CCC2. The maximum Gasteiger partial charge on any atom is 0.319 e. The molecule has 0 bridgehead atoms. The predicted molar refractivity (Wildman–Crippen MR) is 150 cm³/mol. The molecule has 0 radical (unpaired) electrons. The Hall–Kier alpha value is -4.24. The van der Waals surface area contributed by atoms with Gasteiger partial charge in [0.15, 0.2) is 5.69 Å². The van der Waals surface area contributed by atoms with Gasteiger partial charge in [0.2, 0.25) is 0 Å². The summed E-state index contributed by atoms with van der Waals surface area (Å²) < 4.78 is 3.50. The van der Waals surface area contributed by atoms with E-state index in [-0.39, 0.29) is 24.4 Å². The molecule has 0 saturated carbocycles. The van der Waals surface area contributed by atoms with Gasteiger partial charge in [-0.15, -0.1) is 0 Å². The Morgan fingerprint density at radius 3 is 2.69 bits per heavy atom. The smallest absolute Gasteiger partial charge is 0.319 e. The Morgan fingerprint density at radius 1 is 1.15 bits per heavy atom. The number of carbonyl (C=O) groups excluding carboxylic acids is 1. The second kappa shape index (κ2) is 10.5. The molecule has 2 aromatic heterocycles. The van der Waals surface area contributed by atoms with E-state index >= 15 is 0 Å². The fourth-order valence-electron chi connectivity index (χ4n) is 5.35. The lowest BCUT2D eigenvalue weighted by Gasteiger charge is -2.21. The van der Waals surface area contributed by atoms with Gasteiger partial charge in [-0.1, -0.05) is 29.8 Å². The molecule has 0 saturated heterocycles. The van der Waals surface area contributed by atoms with Crippen molar-refractivity contribution in [2.45, 2.75) is 45.2 Å². The fourth-order valence-corrected chi connectivity index (χ4v) is 5.63. The summed E-state index contributed by atoms with van der Waals surface area (Å²) in [6.07, 6.45) is 3.49. The second-order valence-electron chi connectivity index (χ2n) is 9.92. The summed E-state index contributed by atoms with van der Waals surface area (Å²) in [6, 6.07) is 11.2. The minimum absolute atomic E-state index is 0.196. The number of nitrogens with zero attached hydrogens (tertiary/aromatic N) is 2. The average molecular weight is 549 g/mol.